The normalized spacial score (nSPS) is 10.7. The highest BCUT2D eigenvalue weighted by Crippen LogP contribution is 2.38. The van der Waals surface area contributed by atoms with Gasteiger partial charge in [0.25, 0.3) is 0 Å². The molecule has 0 aliphatic carbocycles. The van der Waals surface area contributed by atoms with E-state index in [1.807, 2.05) is 17.5 Å². The number of ether oxygens (including phenoxy) is 1. The highest BCUT2D eigenvalue weighted by Gasteiger charge is 2.14. The number of aromatic nitrogens is 2. The number of halogens is 1. The third-order valence-corrected chi connectivity index (χ3v) is 5.36. The molecule has 0 radical (unpaired) electrons. The van der Waals surface area contributed by atoms with Crippen LogP contribution in [0.1, 0.15) is 0 Å². The molecule has 0 saturated heterocycles. The smallest absolute Gasteiger partial charge is 0.323 e. The van der Waals surface area contributed by atoms with Gasteiger partial charge in [-0.15, -0.1) is 11.3 Å². The van der Waals surface area contributed by atoms with E-state index in [2.05, 4.69) is 20.6 Å². The van der Waals surface area contributed by atoms with Crippen LogP contribution in [0.25, 0.3) is 21.3 Å². The zero-order valence-corrected chi connectivity index (χ0v) is 16.8. The van der Waals surface area contributed by atoms with Crippen molar-refractivity contribution < 1.29 is 9.53 Å². The Balaban J connectivity index is 1.60. The Bertz CT molecular complexity index is 1210. The first-order chi connectivity index (χ1) is 14.0. The quantitative estimate of drug-likeness (QED) is 0.414. The molecular weight excluding hydrogens is 410 g/mol. The maximum Gasteiger partial charge on any atom is 0.323 e. The summed E-state index contributed by atoms with van der Waals surface area (Å²) < 4.78 is 5.47. The summed E-state index contributed by atoms with van der Waals surface area (Å²) in [6.07, 6.45) is 1.45. The number of nitrogens with zero attached hydrogens (tertiary/aromatic N) is 2. The third kappa shape index (κ3) is 3.94. The summed E-state index contributed by atoms with van der Waals surface area (Å²) in [4.78, 5) is 21.5. The van der Waals surface area contributed by atoms with Gasteiger partial charge in [0, 0.05) is 21.7 Å². The highest BCUT2D eigenvalue weighted by molar-refractivity contribution is 7.17. The average molecular weight is 426 g/mol. The van der Waals surface area contributed by atoms with Gasteiger partial charge in [-0.2, -0.15) is 0 Å². The summed E-state index contributed by atoms with van der Waals surface area (Å²) in [6, 6.07) is 12.0. The maximum atomic E-state index is 12.3. The predicted octanol–water partition coefficient (Wildman–Crippen LogP) is 5.25. The molecule has 4 aromatic rings. The van der Waals surface area contributed by atoms with Crippen molar-refractivity contribution in [1.82, 2.24) is 9.97 Å². The molecule has 2 aromatic carbocycles. The number of carbonyl (C=O) groups is 1. The molecule has 29 heavy (non-hydrogen) atoms. The Kier molecular flexibility index (Phi) is 5.20. The summed E-state index contributed by atoms with van der Waals surface area (Å²) in [7, 11) is 1.54. The van der Waals surface area contributed by atoms with E-state index in [4.69, 9.17) is 22.1 Å². The summed E-state index contributed by atoms with van der Waals surface area (Å²) in [5, 5.41) is 8.84. The van der Waals surface area contributed by atoms with E-state index in [-0.39, 0.29) is 0 Å². The van der Waals surface area contributed by atoms with Crippen LogP contribution in [0, 0.1) is 0 Å². The molecule has 0 bridgehead atoms. The van der Waals surface area contributed by atoms with Crippen molar-refractivity contribution in [2.24, 2.45) is 0 Å². The number of nitrogens with one attached hydrogen (secondary N) is 2. The summed E-state index contributed by atoms with van der Waals surface area (Å²) in [5.41, 5.74) is 8.95. The molecular formula is C20H16ClN5O2S. The van der Waals surface area contributed by atoms with Crippen molar-refractivity contribution >= 4 is 56.4 Å². The van der Waals surface area contributed by atoms with Gasteiger partial charge < -0.3 is 21.1 Å². The lowest BCUT2D eigenvalue weighted by atomic mass is 10.0. The number of fused-ring (bicyclic) bond motifs is 1. The van der Waals surface area contributed by atoms with Crippen LogP contribution in [0.2, 0.25) is 5.02 Å². The SMILES string of the molecule is COc1cc(-c2csc3ncnc(N)c23)ccc1NC(=O)Nc1cccc(Cl)c1. The molecule has 146 valence electrons. The zero-order chi connectivity index (χ0) is 20.4. The van der Waals surface area contributed by atoms with Crippen LogP contribution in [0.3, 0.4) is 0 Å². The number of nitrogen functional groups attached to an aromatic ring is 1. The van der Waals surface area contributed by atoms with Crippen LogP contribution >= 0.6 is 22.9 Å². The minimum absolute atomic E-state index is 0.406. The van der Waals surface area contributed by atoms with E-state index >= 15 is 0 Å². The topological polar surface area (TPSA) is 102 Å². The summed E-state index contributed by atoms with van der Waals surface area (Å²) in [5.74, 6) is 0.937. The molecule has 7 nitrogen and oxygen atoms in total. The van der Waals surface area contributed by atoms with Gasteiger partial charge in [-0.1, -0.05) is 23.7 Å². The van der Waals surface area contributed by atoms with E-state index in [0.29, 0.717) is 28.0 Å². The third-order valence-electron chi connectivity index (χ3n) is 4.24. The summed E-state index contributed by atoms with van der Waals surface area (Å²) in [6.45, 7) is 0. The van der Waals surface area contributed by atoms with Crippen LogP contribution in [0.4, 0.5) is 22.0 Å². The van der Waals surface area contributed by atoms with Gasteiger partial charge in [-0.25, -0.2) is 14.8 Å². The first-order valence-electron chi connectivity index (χ1n) is 8.55. The van der Waals surface area contributed by atoms with E-state index in [1.165, 1.54) is 17.7 Å². The summed E-state index contributed by atoms with van der Waals surface area (Å²) >= 11 is 7.44. The number of carbonyl (C=O) groups excluding carboxylic acids is 1. The fraction of sp³-hybridized carbons (Fsp3) is 0.0500. The molecule has 4 N–H and O–H groups in total. The maximum absolute atomic E-state index is 12.3. The number of methoxy groups -OCH3 is 1. The van der Waals surface area contributed by atoms with Gasteiger partial charge in [0.1, 0.15) is 22.7 Å². The number of nitrogens with two attached hydrogens (primary N) is 1. The van der Waals surface area contributed by atoms with Crippen molar-refractivity contribution in [3.63, 3.8) is 0 Å². The van der Waals surface area contributed by atoms with Gasteiger partial charge in [0.05, 0.1) is 18.2 Å². The number of hydrogen-bond donors (Lipinski definition) is 3. The Morgan fingerprint density at radius 1 is 1.17 bits per heavy atom. The molecule has 2 heterocycles. The molecule has 0 spiro atoms. The van der Waals surface area contributed by atoms with Gasteiger partial charge in [0.2, 0.25) is 0 Å². The molecule has 0 aliphatic heterocycles. The minimum Gasteiger partial charge on any atom is -0.495 e. The van der Waals surface area contributed by atoms with Crippen LogP contribution in [0.5, 0.6) is 5.75 Å². The molecule has 0 unspecified atom stereocenters. The van der Waals surface area contributed by atoms with E-state index in [0.717, 1.165) is 21.3 Å². The first-order valence-corrected chi connectivity index (χ1v) is 9.80. The average Bonchev–Trinajstić information content (AvgIpc) is 3.14. The fourth-order valence-electron chi connectivity index (χ4n) is 2.92. The van der Waals surface area contributed by atoms with Crippen LogP contribution < -0.4 is 21.1 Å². The van der Waals surface area contributed by atoms with Crippen LogP contribution in [-0.4, -0.2) is 23.1 Å². The number of thiophene rings is 1. The van der Waals surface area contributed by atoms with Crippen LogP contribution in [0.15, 0.2) is 54.2 Å². The Morgan fingerprint density at radius 3 is 2.83 bits per heavy atom. The standard InChI is InChI=1S/C20H16ClN5O2S/c1-28-16-7-11(14-9-29-19-17(14)18(22)23-10-24-19)5-6-15(16)26-20(27)25-13-4-2-3-12(21)8-13/h2-10H,1H3,(H2,22,23,24)(H2,25,26,27). The van der Waals surface area contributed by atoms with E-state index < -0.39 is 6.03 Å². The van der Waals surface area contributed by atoms with Crippen molar-refractivity contribution in [1.29, 1.82) is 0 Å². The molecule has 9 heteroatoms. The van der Waals surface area contributed by atoms with Gasteiger partial charge in [-0.3, -0.25) is 0 Å². The lowest BCUT2D eigenvalue weighted by molar-refractivity contribution is 0.262. The molecule has 2 aromatic heterocycles. The number of benzene rings is 2. The molecule has 4 rings (SSSR count). The van der Waals surface area contributed by atoms with Crippen molar-refractivity contribution in [2.45, 2.75) is 0 Å². The Hall–Kier alpha value is -3.36. The molecule has 0 aliphatic rings. The van der Waals surface area contributed by atoms with E-state index in [9.17, 15) is 4.79 Å². The number of hydrogen-bond acceptors (Lipinski definition) is 6. The molecule has 0 atom stereocenters. The predicted molar refractivity (Wildman–Crippen MR) is 118 cm³/mol. The van der Waals surface area contributed by atoms with E-state index in [1.54, 1.807) is 37.4 Å². The first kappa shape index (κ1) is 19.0. The Labute approximate surface area is 175 Å². The zero-order valence-electron chi connectivity index (χ0n) is 15.3. The number of urea groups is 1. The lowest BCUT2D eigenvalue weighted by Gasteiger charge is -2.13. The van der Waals surface area contributed by atoms with Crippen molar-refractivity contribution in [2.75, 3.05) is 23.5 Å². The number of rotatable bonds is 4. The molecule has 2 amide bonds. The molecule has 0 saturated carbocycles. The second kappa shape index (κ2) is 7.94. The van der Waals surface area contributed by atoms with Gasteiger partial charge >= 0.3 is 6.03 Å². The second-order valence-corrected chi connectivity index (χ2v) is 7.39. The van der Waals surface area contributed by atoms with Crippen molar-refractivity contribution in [3.05, 3.63) is 59.2 Å². The minimum atomic E-state index is -0.406. The highest BCUT2D eigenvalue weighted by atomic mass is 35.5. The van der Waals surface area contributed by atoms with Gasteiger partial charge in [-0.05, 0) is 35.9 Å². The monoisotopic (exact) mass is 425 g/mol. The lowest BCUT2D eigenvalue weighted by Crippen LogP contribution is -2.19. The second-order valence-electron chi connectivity index (χ2n) is 6.09. The van der Waals surface area contributed by atoms with Crippen LogP contribution in [-0.2, 0) is 0 Å². The largest absolute Gasteiger partial charge is 0.495 e. The fourth-order valence-corrected chi connectivity index (χ4v) is 4.04. The number of amides is 2. The van der Waals surface area contributed by atoms with Crippen molar-refractivity contribution in [3.8, 4) is 16.9 Å². The van der Waals surface area contributed by atoms with Gasteiger partial charge in [0.15, 0.2) is 0 Å². The Morgan fingerprint density at radius 2 is 2.03 bits per heavy atom. The number of anilines is 3. The molecule has 0 fully saturated rings.